The third-order valence-corrected chi connectivity index (χ3v) is 1.59. The summed E-state index contributed by atoms with van der Waals surface area (Å²) < 4.78 is 4.65. The molecule has 0 aromatic carbocycles. The summed E-state index contributed by atoms with van der Waals surface area (Å²) in [4.78, 5) is 18.9. The molecule has 5 nitrogen and oxygen atoms in total. The van der Waals surface area contributed by atoms with Gasteiger partial charge in [0, 0.05) is 6.20 Å². The highest BCUT2D eigenvalue weighted by Gasteiger charge is 2.19. The molecule has 0 fully saturated rings. The molecule has 1 heterocycles. The number of aliphatic hydroxyl groups is 1. The van der Waals surface area contributed by atoms with E-state index < -0.39 is 12.1 Å². The Morgan fingerprint density at radius 1 is 1.71 bits per heavy atom. The summed E-state index contributed by atoms with van der Waals surface area (Å²) >= 11 is 0. The van der Waals surface area contributed by atoms with E-state index in [0.717, 1.165) is 0 Å². The van der Waals surface area contributed by atoms with Gasteiger partial charge in [-0.1, -0.05) is 0 Å². The molecule has 76 valence electrons. The van der Waals surface area contributed by atoms with Crippen LogP contribution in [0.5, 0.6) is 0 Å². The van der Waals surface area contributed by atoms with Crippen molar-refractivity contribution in [2.75, 3.05) is 6.61 Å². The van der Waals surface area contributed by atoms with E-state index in [1.54, 1.807) is 13.8 Å². The van der Waals surface area contributed by atoms with E-state index in [9.17, 15) is 9.90 Å². The number of nitrogens with zero attached hydrogens (tertiary/aromatic N) is 2. The van der Waals surface area contributed by atoms with Gasteiger partial charge in [-0.2, -0.15) is 0 Å². The van der Waals surface area contributed by atoms with Crippen molar-refractivity contribution in [1.82, 2.24) is 9.97 Å². The fourth-order valence-corrected chi connectivity index (χ4v) is 0.969. The van der Waals surface area contributed by atoms with Gasteiger partial charge in [-0.05, 0) is 19.9 Å². The normalized spacial score (nSPS) is 12.2. The maximum atomic E-state index is 11.1. The molecule has 0 aliphatic carbocycles. The number of carbonyl (C=O) groups excluding carboxylic acids is 1. The number of rotatable bonds is 3. The molecule has 5 heteroatoms. The SMILES string of the molecule is CCOC(=O)C(O)c1ccnc(C)n1. The molecule has 1 aromatic heterocycles. The van der Waals surface area contributed by atoms with Crippen LogP contribution in [0.25, 0.3) is 0 Å². The van der Waals surface area contributed by atoms with E-state index in [-0.39, 0.29) is 12.3 Å². The smallest absolute Gasteiger partial charge is 0.341 e. The number of hydrogen-bond donors (Lipinski definition) is 1. The van der Waals surface area contributed by atoms with Crippen LogP contribution in [-0.4, -0.2) is 27.7 Å². The van der Waals surface area contributed by atoms with E-state index in [4.69, 9.17) is 0 Å². The van der Waals surface area contributed by atoms with E-state index in [1.165, 1.54) is 12.3 Å². The van der Waals surface area contributed by atoms with Crippen molar-refractivity contribution in [3.05, 3.63) is 23.8 Å². The first kappa shape index (κ1) is 10.6. The number of esters is 1. The average Bonchev–Trinajstić information content (AvgIpc) is 2.17. The number of aromatic nitrogens is 2. The number of aliphatic hydroxyl groups excluding tert-OH is 1. The largest absolute Gasteiger partial charge is 0.464 e. The van der Waals surface area contributed by atoms with Crippen LogP contribution < -0.4 is 0 Å². The number of carbonyl (C=O) groups is 1. The Hall–Kier alpha value is -1.49. The molecule has 0 saturated heterocycles. The second-order valence-corrected chi connectivity index (χ2v) is 2.68. The maximum Gasteiger partial charge on any atom is 0.341 e. The number of ether oxygens (including phenoxy) is 1. The third kappa shape index (κ3) is 2.50. The minimum absolute atomic E-state index is 0.236. The van der Waals surface area contributed by atoms with Gasteiger partial charge in [0.05, 0.1) is 12.3 Å². The van der Waals surface area contributed by atoms with Crippen LogP contribution in [0.2, 0.25) is 0 Å². The Morgan fingerprint density at radius 3 is 3.00 bits per heavy atom. The Bertz CT molecular complexity index is 328. The standard InChI is InChI=1S/C9H12N2O3/c1-3-14-9(13)8(12)7-4-5-10-6(2)11-7/h4-5,8,12H,3H2,1-2H3. The molecule has 1 aromatic rings. The maximum absolute atomic E-state index is 11.1. The lowest BCUT2D eigenvalue weighted by Gasteiger charge is -2.08. The fourth-order valence-electron chi connectivity index (χ4n) is 0.969. The molecule has 0 bridgehead atoms. The van der Waals surface area contributed by atoms with Gasteiger partial charge in [0.15, 0.2) is 6.10 Å². The van der Waals surface area contributed by atoms with E-state index >= 15 is 0 Å². The van der Waals surface area contributed by atoms with Gasteiger partial charge in [-0.25, -0.2) is 14.8 Å². The van der Waals surface area contributed by atoms with Gasteiger partial charge in [0.1, 0.15) is 5.82 Å². The zero-order chi connectivity index (χ0) is 10.6. The molecular weight excluding hydrogens is 184 g/mol. The first-order valence-corrected chi connectivity index (χ1v) is 4.29. The van der Waals surface area contributed by atoms with Crippen molar-refractivity contribution in [2.45, 2.75) is 20.0 Å². The first-order chi connectivity index (χ1) is 6.65. The van der Waals surface area contributed by atoms with Gasteiger partial charge < -0.3 is 9.84 Å². The minimum Gasteiger partial charge on any atom is -0.464 e. The van der Waals surface area contributed by atoms with Crippen LogP contribution in [0.1, 0.15) is 24.5 Å². The molecule has 0 amide bonds. The molecule has 0 aliphatic heterocycles. The van der Waals surface area contributed by atoms with Gasteiger partial charge in [-0.15, -0.1) is 0 Å². The van der Waals surface area contributed by atoms with E-state index in [2.05, 4.69) is 14.7 Å². The Labute approximate surface area is 81.8 Å². The Morgan fingerprint density at radius 2 is 2.43 bits per heavy atom. The van der Waals surface area contributed by atoms with Crippen LogP contribution in [-0.2, 0) is 9.53 Å². The minimum atomic E-state index is -1.32. The summed E-state index contributed by atoms with van der Waals surface area (Å²) in [5.74, 6) is -0.184. The van der Waals surface area contributed by atoms with Gasteiger partial charge in [0.2, 0.25) is 0 Å². The van der Waals surface area contributed by atoms with Gasteiger partial charge >= 0.3 is 5.97 Å². The highest BCUT2D eigenvalue weighted by atomic mass is 16.5. The average molecular weight is 196 g/mol. The predicted molar refractivity (Wildman–Crippen MR) is 48.4 cm³/mol. The van der Waals surface area contributed by atoms with Crippen molar-refractivity contribution in [2.24, 2.45) is 0 Å². The predicted octanol–water partition coefficient (Wildman–Crippen LogP) is 0.382. The molecular formula is C9H12N2O3. The van der Waals surface area contributed by atoms with E-state index in [0.29, 0.717) is 5.82 Å². The molecule has 1 unspecified atom stereocenters. The van der Waals surface area contributed by atoms with Crippen molar-refractivity contribution in [1.29, 1.82) is 0 Å². The molecule has 1 atom stereocenters. The molecule has 0 saturated carbocycles. The van der Waals surface area contributed by atoms with Crippen molar-refractivity contribution >= 4 is 5.97 Å². The van der Waals surface area contributed by atoms with Gasteiger partial charge in [-0.3, -0.25) is 0 Å². The van der Waals surface area contributed by atoms with Crippen molar-refractivity contribution in [3.8, 4) is 0 Å². The summed E-state index contributed by atoms with van der Waals surface area (Å²) in [6.45, 7) is 3.59. The molecule has 0 radical (unpaired) electrons. The highest BCUT2D eigenvalue weighted by Crippen LogP contribution is 2.10. The van der Waals surface area contributed by atoms with Crippen molar-refractivity contribution in [3.63, 3.8) is 0 Å². The van der Waals surface area contributed by atoms with Crippen LogP contribution in [0.4, 0.5) is 0 Å². The van der Waals surface area contributed by atoms with Crippen LogP contribution in [0.3, 0.4) is 0 Å². The lowest BCUT2D eigenvalue weighted by atomic mass is 10.2. The molecule has 0 aliphatic rings. The zero-order valence-corrected chi connectivity index (χ0v) is 8.10. The third-order valence-electron chi connectivity index (χ3n) is 1.59. The summed E-state index contributed by atoms with van der Waals surface area (Å²) in [6.07, 6.45) is 0.164. The molecule has 14 heavy (non-hydrogen) atoms. The summed E-state index contributed by atoms with van der Waals surface area (Å²) in [6, 6.07) is 1.48. The number of aryl methyl sites for hydroxylation is 1. The summed E-state index contributed by atoms with van der Waals surface area (Å²) in [5, 5.41) is 9.48. The second kappa shape index (κ2) is 4.66. The lowest BCUT2D eigenvalue weighted by molar-refractivity contribution is -0.153. The van der Waals surface area contributed by atoms with Crippen molar-refractivity contribution < 1.29 is 14.6 Å². The zero-order valence-electron chi connectivity index (χ0n) is 8.10. The fraction of sp³-hybridized carbons (Fsp3) is 0.444. The second-order valence-electron chi connectivity index (χ2n) is 2.68. The molecule has 1 rings (SSSR count). The van der Waals surface area contributed by atoms with Crippen LogP contribution >= 0.6 is 0 Å². The molecule has 0 spiro atoms. The Kier molecular flexibility index (Phi) is 3.53. The first-order valence-electron chi connectivity index (χ1n) is 4.29. The lowest BCUT2D eigenvalue weighted by Crippen LogP contribution is -2.17. The number of hydrogen-bond acceptors (Lipinski definition) is 5. The quantitative estimate of drug-likeness (QED) is 0.707. The summed E-state index contributed by atoms with van der Waals surface area (Å²) in [7, 11) is 0. The van der Waals surface area contributed by atoms with Crippen LogP contribution in [0, 0.1) is 6.92 Å². The monoisotopic (exact) mass is 196 g/mol. The topological polar surface area (TPSA) is 72.3 Å². The molecule has 1 N–H and O–H groups in total. The summed E-state index contributed by atoms with van der Waals surface area (Å²) in [5.41, 5.74) is 0.260. The Balaban J connectivity index is 2.78. The van der Waals surface area contributed by atoms with Gasteiger partial charge in [0.25, 0.3) is 0 Å². The van der Waals surface area contributed by atoms with E-state index in [1.807, 2.05) is 0 Å². The van der Waals surface area contributed by atoms with Crippen LogP contribution in [0.15, 0.2) is 12.3 Å². The highest BCUT2D eigenvalue weighted by molar-refractivity contribution is 5.75.